The highest BCUT2D eigenvalue weighted by Crippen LogP contribution is 2.65. The van der Waals surface area contributed by atoms with Crippen LogP contribution < -0.4 is 0 Å². The minimum atomic E-state index is 0.116. The van der Waals surface area contributed by atoms with Crippen LogP contribution in [0, 0.1) is 5.92 Å². The van der Waals surface area contributed by atoms with E-state index in [1.165, 1.54) is 98.4 Å². The lowest BCUT2D eigenvalue weighted by atomic mass is 9.68. The van der Waals surface area contributed by atoms with Gasteiger partial charge in [0.1, 0.15) is 0 Å². The lowest BCUT2D eigenvalue weighted by Gasteiger charge is -2.35. The van der Waals surface area contributed by atoms with E-state index in [9.17, 15) is 0 Å². The Kier molecular flexibility index (Phi) is 10.1. The molecule has 4 aromatic carbocycles. The fourth-order valence-electron chi connectivity index (χ4n) is 8.38. The third kappa shape index (κ3) is 6.22. The molecule has 0 amide bonds. The molecule has 228 valence electrons. The number of hydrogen-bond acceptors (Lipinski definition) is 1. The van der Waals surface area contributed by atoms with Gasteiger partial charge in [0, 0.05) is 19.1 Å². The quantitative estimate of drug-likeness (QED) is 0.133. The SMILES string of the molecule is CCCCCCCCCCOC.c1ccc(C2=C(c3ccccc3)C3(c4cccc5c4Cc4ccccc4-5)CCC2C3)cc1. The molecule has 2 atom stereocenters. The Morgan fingerprint density at radius 2 is 1.30 bits per heavy atom. The molecule has 0 N–H and O–H groups in total. The summed E-state index contributed by atoms with van der Waals surface area (Å²) in [5.41, 5.74) is 13.6. The average molecular weight is 583 g/mol. The number of unbranched alkanes of at least 4 members (excludes halogenated alkanes) is 7. The molecule has 0 aromatic heterocycles. The molecule has 0 radical (unpaired) electrons. The molecule has 1 nitrogen and oxygen atoms in total. The number of allylic oxidation sites excluding steroid dienone is 2. The molecule has 3 aliphatic carbocycles. The van der Waals surface area contributed by atoms with Crippen molar-refractivity contribution in [1.29, 1.82) is 0 Å². The lowest BCUT2D eigenvalue weighted by molar-refractivity contribution is 0.192. The van der Waals surface area contributed by atoms with E-state index >= 15 is 0 Å². The molecule has 4 aromatic rings. The van der Waals surface area contributed by atoms with Gasteiger partial charge in [0.15, 0.2) is 0 Å². The number of hydrogen-bond donors (Lipinski definition) is 0. The predicted octanol–water partition coefficient (Wildman–Crippen LogP) is 11.7. The van der Waals surface area contributed by atoms with Crippen LogP contribution in [-0.4, -0.2) is 13.7 Å². The zero-order valence-electron chi connectivity index (χ0n) is 27.0. The number of fused-ring (bicyclic) bond motifs is 5. The Morgan fingerprint density at radius 3 is 2.02 bits per heavy atom. The fraction of sp³-hybridized carbons (Fsp3) is 0.395. The molecule has 1 saturated carbocycles. The van der Waals surface area contributed by atoms with Crippen molar-refractivity contribution < 1.29 is 4.74 Å². The maximum atomic E-state index is 4.99. The molecule has 1 fully saturated rings. The van der Waals surface area contributed by atoms with E-state index < -0.39 is 0 Å². The summed E-state index contributed by atoms with van der Waals surface area (Å²) in [4.78, 5) is 0. The van der Waals surface area contributed by atoms with Gasteiger partial charge in [0.25, 0.3) is 0 Å². The summed E-state index contributed by atoms with van der Waals surface area (Å²) in [7, 11) is 1.78. The summed E-state index contributed by atoms with van der Waals surface area (Å²) in [6.07, 6.45) is 15.9. The second-order valence-corrected chi connectivity index (χ2v) is 13.2. The largest absolute Gasteiger partial charge is 0.385 e. The number of ether oxygens (including phenoxy) is 1. The zero-order valence-corrected chi connectivity index (χ0v) is 27.0. The monoisotopic (exact) mass is 582 g/mol. The molecule has 0 heterocycles. The summed E-state index contributed by atoms with van der Waals surface area (Å²) >= 11 is 0. The van der Waals surface area contributed by atoms with Crippen molar-refractivity contribution in [1.82, 2.24) is 0 Å². The van der Waals surface area contributed by atoms with E-state index in [2.05, 4.69) is 110 Å². The van der Waals surface area contributed by atoms with Gasteiger partial charge in [-0.1, -0.05) is 155 Å². The number of rotatable bonds is 12. The van der Waals surface area contributed by atoms with E-state index in [0.717, 1.165) is 13.0 Å². The summed E-state index contributed by atoms with van der Waals surface area (Å²) in [6.45, 7) is 3.20. The van der Waals surface area contributed by atoms with Crippen LogP contribution in [0.2, 0.25) is 0 Å². The van der Waals surface area contributed by atoms with Gasteiger partial charge in [-0.05, 0) is 88.1 Å². The van der Waals surface area contributed by atoms with Gasteiger partial charge in [0.05, 0.1) is 0 Å². The van der Waals surface area contributed by atoms with E-state index in [4.69, 9.17) is 4.74 Å². The molecule has 0 aliphatic heterocycles. The Bertz CT molecular complexity index is 1520. The van der Waals surface area contributed by atoms with Crippen LogP contribution in [0.1, 0.15) is 105 Å². The van der Waals surface area contributed by atoms with Gasteiger partial charge in [-0.3, -0.25) is 0 Å². The van der Waals surface area contributed by atoms with Crippen LogP contribution in [-0.2, 0) is 16.6 Å². The highest BCUT2D eigenvalue weighted by molar-refractivity contribution is 6.01. The zero-order chi connectivity index (χ0) is 30.2. The Balaban J connectivity index is 0.000000246. The van der Waals surface area contributed by atoms with Gasteiger partial charge < -0.3 is 4.74 Å². The number of methoxy groups -OCH3 is 1. The van der Waals surface area contributed by atoms with Crippen molar-refractivity contribution in [3.05, 3.63) is 131 Å². The maximum Gasteiger partial charge on any atom is 0.0462 e. The topological polar surface area (TPSA) is 9.23 Å². The second kappa shape index (κ2) is 14.6. The van der Waals surface area contributed by atoms with E-state index in [-0.39, 0.29) is 5.41 Å². The summed E-state index contributed by atoms with van der Waals surface area (Å²) in [5.74, 6) is 0.646. The van der Waals surface area contributed by atoms with Crippen LogP contribution in [0.4, 0.5) is 0 Å². The van der Waals surface area contributed by atoms with Crippen LogP contribution in [0.3, 0.4) is 0 Å². The highest BCUT2D eigenvalue weighted by Gasteiger charge is 2.53. The molecule has 1 heteroatoms. The Hall–Kier alpha value is -3.42. The summed E-state index contributed by atoms with van der Waals surface area (Å²) < 4.78 is 4.99. The van der Waals surface area contributed by atoms with Crippen LogP contribution in [0.15, 0.2) is 103 Å². The molecule has 3 aliphatic rings. The first kappa shape index (κ1) is 30.6. The summed E-state index contributed by atoms with van der Waals surface area (Å²) in [6, 6.07) is 38.5. The predicted molar refractivity (Wildman–Crippen MR) is 188 cm³/mol. The van der Waals surface area contributed by atoms with Gasteiger partial charge in [-0.25, -0.2) is 0 Å². The molecule has 2 unspecified atom stereocenters. The van der Waals surface area contributed by atoms with Gasteiger partial charge in [-0.15, -0.1) is 0 Å². The third-order valence-corrected chi connectivity index (χ3v) is 10.4. The summed E-state index contributed by atoms with van der Waals surface area (Å²) in [5, 5.41) is 0. The first-order valence-electron chi connectivity index (χ1n) is 17.3. The molecular weight excluding hydrogens is 532 g/mol. The minimum absolute atomic E-state index is 0.116. The van der Waals surface area contributed by atoms with Crippen LogP contribution in [0.5, 0.6) is 0 Å². The molecule has 0 saturated heterocycles. The average Bonchev–Trinajstić information content (AvgIpc) is 3.78. The first-order chi connectivity index (χ1) is 21.8. The molecule has 44 heavy (non-hydrogen) atoms. The standard InChI is InChI=1S/C32H26.C11H24O/c1-3-10-22(11-4-1)30-25-18-19-32(21-25,31(30)23-12-5-2-6-13-23)29-17-9-16-27-26-15-8-7-14-24(26)20-28(27)29;1-3-4-5-6-7-8-9-10-11-12-2/h1-17,25H,18-21H2;3-11H2,1-2H3. The van der Waals surface area contributed by atoms with E-state index in [1.54, 1.807) is 29.4 Å². The van der Waals surface area contributed by atoms with E-state index in [0.29, 0.717) is 5.92 Å². The first-order valence-corrected chi connectivity index (χ1v) is 17.3. The van der Waals surface area contributed by atoms with Crippen molar-refractivity contribution in [3.8, 4) is 11.1 Å². The van der Waals surface area contributed by atoms with Crippen molar-refractivity contribution in [2.45, 2.75) is 89.4 Å². The maximum absolute atomic E-state index is 4.99. The van der Waals surface area contributed by atoms with Crippen LogP contribution in [0.25, 0.3) is 22.3 Å². The van der Waals surface area contributed by atoms with Crippen molar-refractivity contribution in [3.63, 3.8) is 0 Å². The highest BCUT2D eigenvalue weighted by atomic mass is 16.5. The van der Waals surface area contributed by atoms with E-state index in [1.807, 2.05) is 0 Å². The Labute approximate surface area is 266 Å². The number of benzene rings is 4. The smallest absolute Gasteiger partial charge is 0.0462 e. The molecule has 2 bridgehead atoms. The van der Waals surface area contributed by atoms with Gasteiger partial charge in [0.2, 0.25) is 0 Å². The fourth-order valence-corrected chi connectivity index (χ4v) is 8.38. The van der Waals surface area contributed by atoms with Gasteiger partial charge >= 0.3 is 0 Å². The van der Waals surface area contributed by atoms with Crippen molar-refractivity contribution >= 4 is 11.1 Å². The molecule has 7 rings (SSSR count). The van der Waals surface area contributed by atoms with Crippen molar-refractivity contribution in [2.75, 3.05) is 13.7 Å². The lowest BCUT2D eigenvalue weighted by Crippen LogP contribution is -2.25. The molecule has 0 spiro atoms. The normalized spacial score (nSPS) is 19.5. The Morgan fingerprint density at radius 1 is 0.659 bits per heavy atom. The third-order valence-electron chi connectivity index (χ3n) is 10.4. The van der Waals surface area contributed by atoms with Crippen molar-refractivity contribution in [2.24, 2.45) is 5.92 Å². The second-order valence-electron chi connectivity index (χ2n) is 13.2. The minimum Gasteiger partial charge on any atom is -0.385 e. The van der Waals surface area contributed by atoms with Gasteiger partial charge in [-0.2, -0.15) is 0 Å². The van der Waals surface area contributed by atoms with Crippen LogP contribution >= 0.6 is 0 Å². The molecular formula is C43H50O.